The number of halogens is 1. The van der Waals surface area contributed by atoms with Crippen LogP contribution in [0.2, 0.25) is 5.02 Å². The van der Waals surface area contributed by atoms with Gasteiger partial charge in [-0.3, -0.25) is 4.98 Å². The number of anilines is 1. The zero-order valence-electron chi connectivity index (χ0n) is 10.6. The van der Waals surface area contributed by atoms with Crippen molar-refractivity contribution in [2.24, 2.45) is 0 Å². The zero-order valence-corrected chi connectivity index (χ0v) is 11.4. The molecule has 4 heteroatoms. The van der Waals surface area contributed by atoms with Gasteiger partial charge in [0.15, 0.2) is 0 Å². The largest absolute Gasteiger partial charge is 0.397 e. The normalized spacial score (nSPS) is 11.1. The lowest BCUT2D eigenvalue weighted by atomic mass is 10.2. The van der Waals surface area contributed by atoms with Crippen LogP contribution >= 0.6 is 11.6 Å². The summed E-state index contributed by atoms with van der Waals surface area (Å²) >= 11 is 6.01. The van der Waals surface area contributed by atoms with Gasteiger partial charge >= 0.3 is 0 Å². The standard InChI is InChI=1S/C15H14ClN3/c1-10-6-11(4-5-18-10)8-19-9-14(17)13-7-12(16)2-3-15(13)19/h2-7,9H,8,17H2,1H3. The summed E-state index contributed by atoms with van der Waals surface area (Å²) in [6.07, 6.45) is 3.79. The molecule has 0 aliphatic rings. The Morgan fingerprint density at radius 2 is 2.11 bits per heavy atom. The van der Waals surface area contributed by atoms with Gasteiger partial charge in [-0.25, -0.2) is 0 Å². The quantitative estimate of drug-likeness (QED) is 0.773. The van der Waals surface area contributed by atoms with Crippen molar-refractivity contribution in [3.05, 3.63) is 59.0 Å². The topological polar surface area (TPSA) is 43.8 Å². The van der Waals surface area contributed by atoms with Crippen molar-refractivity contribution in [3.8, 4) is 0 Å². The molecule has 1 aromatic carbocycles. The highest BCUT2D eigenvalue weighted by atomic mass is 35.5. The van der Waals surface area contributed by atoms with Crippen LogP contribution in [-0.4, -0.2) is 9.55 Å². The first-order chi connectivity index (χ1) is 9.13. The van der Waals surface area contributed by atoms with E-state index in [1.807, 2.05) is 43.6 Å². The highest BCUT2D eigenvalue weighted by Gasteiger charge is 2.07. The highest BCUT2D eigenvalue weighted by molar-refractivity contribution is 6.31. The molecule has 3 rings (SSSR count). The Morgan fingerprint density at radius 1 is 1.26 bits per heavy atom. The van der Waals surface area contributed by atoms with Crippen molar-refractivity contribution in [3.63, 3.8) is 0 Å². The average Bonchev–Trinajstić information content (AvgIpc) is 2.66. The third kappa shape index (κ3) is 2.29. The van der Waals surface area contributed by atoms with Gasteiger partial charge in [0.25, 0.3) is 0 Å². The molecular formula is C15H14ClN3. The van der Waals surface area contributed by atoms with Crippen LogP contribution in [0.25, 0.3) is 10.9 Å². The Balaban J connectivity index is 2.06. The molecule has 0 saturated heterocycles. The van der Waals surface area contributed by atoms with Gasteiger partial charge < -0.3 is 10.3 Å². The number of nitrogen functional groups attached to an aromatic ring is 1. The third-order valence-electron chi connectivity index (χ3n) is 3.19. The molecule has 0 fully saturated rings. The molecule has 19 heavy (non-hydrogen) atoms. The van der Waals surface area contributed by atoms with E-state index in [1.165, 1.54) is 5.56 Å². The maximum atomic E-state index is 6.04. The van der Waals surface area contributed by atoms with Crippen LogP contribution in [0, 0.1) is 6.92 Å². The molecule has 0 amide bonds. The number of hydrogen-bond acceptors (Lipinski definition) is 2. The fourth-order valence-electron chi connectivity index (χ4n) is 2.33. The molecule has 0 unspecified atom stereocenters. The number of fused-ring (bicyclic) bond motifs is 1. The Labute approximate surface area is 116 Å². The maximum Gasteiger partial charge on any atom is 0.0574 e. The Morgan fingerprint density at radius 3 is 2.89 bits per heavy atom. The highest BCUT2D eigenvalue weighted by Crippen LogP contribution is 2.27. The van der Waals surface area contributed by atoms with E-state index in [0.717, 1.165) is 28.8 Å². The first kappa shape index (κ1) is 12.1. The molecular weight excluding hydrogens is 258 g/mol. The molecule has 0 aliphatic carbocycles. The van der Waals surface area contributed by atoms with Crippen LogP contribution in [-0.2, 0) is 6.54 Å². The van der Waals surface area contributed by atoms with Gasteiger partial charge in [0.1, 0.15) is 0 Å². The molecule has 0 spiro atoms. The van der Waals surface area contributed by atoms with Gasteiger partial charge in [-0.05, 0) is 42.8 Å². The van der Waals surface area contributed by atoms with Crippen LogP contribution in [0.15, 0.2) is 42.7 Å². The number of benzene rings is 1. The smallest absolute Gasteiger partial charge is 0.0574 e. The van der Waals surface area contributed by atoms with E-state index >= 15 is 0 Å². The van der Waals surface area contributed by atoms with Gasteiger partial charge in [0, 0.05) is 35.0 Å². The molecule has 0 radical (unpaired) electrons. The van der Waals surface area contributed by atoms with E-state index in [2.05, 4.69) is 15.6 Å². The van der Waals surface area contributed by atoms with Crippen molar-refractivity contribution >= 4 is 28.2 Å². The Bertz CT molecular complexity index is 746. The van der Waals surface area contributed by atoms with Crippen LogP contribution in [0.4, 0.5) is 5.69 Å². The molecule has 96 valence electrons. The van der Waals surface area contributed by atoms with E-state index in [-0.39, 0.29) is 0 Å². The monoisotopic (exact) mass is 271 g/mol. The molecule has 0 atom stereocenters. The van der Waals surface area contributed by atoms with Gasteiger partial charge in [0.2, 0.25) is 0 Å². The first-order valence-corrected chi connectivity index (χ1v) is 6.47. The lowest BCUT2D eigenvalue weighted by Crippen LogP contribution is -1.98. The second-order valence-electron chi connectivity index (χ2n) is 4.68. The fourth-order valence-corrected chi connectivity index (χ4v) is 2.50. The molecule has 2 heterocycles. The molecule has 3 aromatic rings. The number of aromatic nitrogens is 2. The van der Waals surface area contributed by atoms with Gasteiger partial charge in [-0.15, -0.1) is 0 Å². The number of pyridine rings is 1. The molecule has 0 saturated carbocycles. The molecule has 2 aromatic heterocycles. The van der Waals surface area contributed by atoms with Crippen molar-refractivity contribution in [2.75, 3.05) is 5.73 Å². The van der Waals surface area contributed by atoms with E-state index in [9.17, 15) is 0 Å². The summed E-state index contributed by atoms with van der Waals surface area (Å²) in [5.41, 5.74) is 10.1. The lowest BCUT2D eigenvalue weighted by molar-refractivity contribution is 0.833. The number of aryl methyl sites for hydroxylation is 1. The summed E-state index contributed by atoms with van der Waals surface area (Å²) in [6, 6.07) is 9.89. The minimum atomic E-state index is 0.705. The molecule has 3 nitrogen and oxygen atoms in total. The van der Waals surface area contributed by atoms with Crippen molar-refractivity contribution in [1.82, 2.24) is 9.55 Å². The van der Waals surface area contributed by atoms with Crippen LogP contribution < -0.4 is 5.73 Å². The van der Waals surface area contributed by atoms with Gasteiger partial charge in [-0.2, -0.15) is 0 Å². The minimum absolute atomic E-state index is 0.705. The summed E-state index contributed by atoms with van der Waals surface area (Å²) in [5, 5.41) is 1.70. The SMILES string of the molecule is Cc1cc(Cn2cc(N)c3cc(Cl)ccc32)ccn1. The van der Waals surface area contributed by atoms with Crippen molar-refractivity contribution < 1.29 is 0 Å². The summed E-state index contributed by atoms with van der Waals surface area (Å²) in [5.74, 6) is 0. The number of hydrogen-bond donors (Lipinski definition) is 1. The number of nitrogens with zero attached hydrogens (tertiary/aromatic N) is 2. The zero-order chi connectivity index (χ0) is 13.4. The third-order valence-corrected chi connectivity index (χ3v) is 3.42. The molecule has 2 N–H and O–H groups in total. The van der Waals surface area contributed by atoms with Gasteiger partial charge in [-0.1, -0.05) is 11.6 Å². The van der Waals surface area contributed by atoms with Crippen LogP contribution in [0.1, 0.15) is 11.3 Å². The lowest BCUT2D eigenvalue weighted by Gasteiger charge is -2.06. The number of rotatable bonds is 2. The summed E-state index contributed by atoms with van der Waals surface area (Å²) in [4.78, 5) is 4.21. The van der Waals surface area contributed by atoms with Gasteiger partial charge in [0.05, 0.1) is 11.2 Å². The van der Waals surface area contributed by atoms with E-state index in [1.54, 1.807) is 0 Å². The Kier molecular flexibility index (Phi) is 2.91. The van der Waals surface area contributed by atoms with E-state index < -0.39 is 0 Å². The van der Waals surface area contributed by atoms with Crippen LogP contribution in [0.5, 0.6) is 0 Å². The second-order valence-corrected chi connectivity index (χ2v) is 5.12. The second kappa shape index (κ2) is 4.59. The maximum absolute atomic E-state index is 6.04. The predicted octanol–water partition coefficient (Wildman–Crippen LogP) is 3.63. The molecule has 0 bridgehead atoms. The van der Waals surface area contributed by atoms with E-state index in [4.69, 9.17) is 17.3 Å². The Hall–Kier alpha value is -2.00. The molecule has 0 aliphatic heterocycles. The number of nitrogens with two attached hydrogens (primary N) is 1. The van der Waals surface area contributed by atoms with Crippen molar-refractivity contribution in [2.45, 2.75) is 13.5 Å². The summed E-state index contributed by atoms with van der Waals surface area (Å²) in [7, 11) is 0. The summed E-state index contributed by atoms with van der Waals surface area (Å²) < 4.78 is 2.13. The van der Waals surface area contributed by atoms with E-state index in [0.29, 0.717) is 5.02 Å². The summed E-state index contributed by atoms with van der Waals surface area (Å²) in [6.45, 7) is 2.77. The fraction of sp³-hybridized carbons (Fsp3) is 0.133. The predicted molar refractivity (Wildman–Crippen MR) is 79.4 cm³/mol. The minimum Gasteiger partial charge on any atom is -0.397 e. The van der Waals surface area contributed by atoms with Crippen molar-refractivity contribution in [1.29, 1.82) is 0 Å². The first-order valence-electron chi connectivity index (χ1n) is 6.09. The van der Waals surface area contributed by atoms with Crippen LogP contribution in [0.3, 0.4) is 0 Å². The average molecular weight is 272 g/mol.